The lowest BCUT2D eigenvalue weighted by molar-refractivity contribution is -0.137. The van der Waals surface area contributed by atoms with Crippen LogP contribution >= 0.6 is 0 Å². The lowest BCUT2D eigenvalue weighted by Gasteiger charge is -2.30. The third-order valence-electron chi connectivity index (χ3n) is 3.46. The molecule has 1 aromatic heterocycles. The van der Waals surface area contributed by atoms with Gasteiger partial charge in [0.2, 0.25) is 0 Å². The largest absolute Gasteiger partial charge is 0.480 e. The number of rotatable bonds is 5. The van der Waals surface area contributed by atoms with Crippen LogP contribution in [0.1, 0.15) is 42.7 Å². The maximum atomic E-state index is 12.3. The van der Waals surface area contributed by atoms with Gasteiger partial charge in [-0.1, -0.05) is 0 Å². The Hall–Kier alpha value is -1.78. The average molecular weight is 250 g/mol. The fourth-order valence-electron chi connectivity index (χ4n) is 2.21. The number of amides is 1. The van der Waals surface area contributed by atoms with Gasteiger partial charge in [0.25, 0.3) is 5.91 Å². The van der Waals surface area contributed by atoms with Gasteiger partial charge in [0, 0.05) is 18.8 Å². The lowest BCUT2D eigenvalue weighted by Crippen LogP contribution is -2.37. The molecule has 1 aromatic rings. The van der Waals surface area contributed by atoms with Crippen LogP contribution in [0.2, 0.25) is 0 Å². The van der Waals surface area contributed by atoms with Crippen molar-refractivity contribution < 1.29 is 14.7 Å². The average Bonchev–Trinajstić information content (AvgIpc) is 2.71. The fourth-order valence-corrected chi connectivity index (χ4v) is 2.21. The molecule has 1 aliphatic carbocycles. The van der Waals surface area contributed by atoms with E-state index in [0.29, 0.717) is 18.3 Å². The first-order valence-electron chi connectivity index (χ1n) is 6.31. The molecule has 2 rings (SSSR count). The molecule has 1 fully saturated rings. The van der Waals surface area contributed by atoms with Crippen LogP contribution in [0.25, 0.3) is 0 Å². The number of likely N-dealkylation sites (N-methyl/N-ethyl adjacent to an activating group) is 1. The van der Waals surface area contributed by atoms with Crippen LogP contribution in [0.3, 0.4) is 0 Å². The molecule has 18 heavy (non-hydrogen) atoms. The van der Waals surface area contributed by atoms with Gasteiger partial charge in [-0.2, -0.15) is 0 Å². The smallest absolute Gasteiger partial charge is 0.323 e. The molecule has 0 spiro atoms. The molecule has 98 valence electrons. The first kappa shape index (κ1) is 12.7. The number of nitrogens with zero attached hydrogens (tertiary/aromatic N) is 2. The van der Waals surface area contributed by atoms with Gasteiger partial charge in [-0.15, -0.1) is 0 Å². The summed E-state index contributed by atoms with van der Waals surface area (Å²) in [6, 6.07) is 4.02. The predicted molar refractivity (Wildman–Crippen MR) is 66.5 cm³/mol. The highest BCUT2D eigenvalue weighted by molar-refractivity contribution is 5.94. The Kier molecular flexibility index (Phi) is 3.69. The van der Waals surface area contributed by atoms with Crippen molar-refractivity contribution in [3.63, 3.8) is 0 Å². The van der Waals surface area contributed by atoms with Crippen molar-refractivity contribution in [2.75, 3.05) is 13.1 Å². The van der Waals surface area contributed by atoms with Gasteiger partial charge in [-0.25, -0.2) is 0 Å². The highest BCUT2D eigenvalue weighted by Gasteiger charge is 2.25. The Labute approximate surface area is 106 Å². The predicted octanol–water partition coefficient (Wildman–Crippen LogP) is 1.76. The van der Waals surface area contributed by atoms with E-state index in [9.17, 15) is 9.59 Å². The second-order valence-electron chi connectivity index (χ2n) is 4.60. The van der Waals surface area contributed by atoms with Gasteiger partial charge in [0.1, 0.15) is 12.2 Å². The quantitative estimate of drug-likeness (QED) is 0.866. The maximum absolute atomic E-state index is 12.3. The van der Waals surface area contributed by atoms with E-state index in [1.165, 1.54) is 11.3 Å². The van der Waals surface area contributed by atoms with E-state index in [1.54, 1.807) is 13.0 Å². The van der Waals surface area contributed by atoms with Crippen LogP contribution in [0.5, 0.6) is 0 Å². The normalized spacial score (nSPS) is 15.2. The molecule has 0 aliphatic heterocycles. The molecule has 1 amide bonds. The van der Waals surface area contributed by atoms with E-state index >= 15 is 0 Å². The van der Waals surface area contributed by atoms with E-state index in [2.05, 4.69) is 0 Å². The van der Waals surface area contributed by atoms with Crippen LogP contribution in [0.4, 0.5) is 0 Å². The zero-order valence-corrected chi connectivity index (χ0v) is 10.5. The Morgan fingerprint density at radius 2 is 2.22 bits per heavy atom. The molecule has 1 N–H and O–H groups in total. The monoisotopic (exact) mass is 250 g/mol. The van der Waals surface area contributed by atoms with Crippen LogP contribution in [0.15, 0.2) is 18.3 Å². The standard InChI is InChI=1S/C13H18N2O3/c1-2-14(9-12(16)17)13(18)11-7-4-8-15(11)10-5-3-6-10/h4,7-8,10H,2-3,5-6,9H2,1H3,(H,16,17). The van der Waals surface area contributed by atoms with E-state index < -0.39 is 5.97 Å². The summed E-state index contributed by atoms with van der Waals surface area (Å²) in [5, 5.41) is 8.80. The third kappa shape index (κ3) is 2.39. The minimum atomic E-state index is -0.980. The second-order valence-corrected chi connectivity index (χ2v) is 4.60. The molecular formula is C13H18N2O3. The number of carboxylic acid groups (broad SMARTS) is 1. The molecule has 0 saturated heterocycles. The molecule has 0 unspecified atom stereocenters. The van der Waals surface area contributed by atoms with Crippen molar-refractivity contribution >= 4 is 11.9 Å². The number of aromatic nitrogens is 1. The van der Waals surface area contributed by atoms with Crippen LogP contribution in [0, 0.1) is 0 Å². The Morgan fingerprint density at radius 3 is 2.72 bits per heavy atom. The zero-order valence-electron chi connectivity index (χ0n) is 10.5. The summed E-state index contributed by atoms with van der Waals surface area (Å²) in [6.07, 6.45) is 5.30. The first-order chi connectivity index (χ1) is 8.63. The van der Waals surface area contributed by atoms with Gasteiger partial charge in [0.15, 0.2) is 0 Å². The molecular weight excluding hydrogens is 232 g/mol. The molecule has 0 radical (unpaired) electrons. The minimum Gasteiger partial charge on any atom is -0.480 e. The van der Waals surface area contributed by atoms with Crippen LogP contribution in [-0.4, -0.2) is 39.5 Å². The van der Waals surface area contributed by atoms with Gasteiger partial charge >= 0.3 is 5.97 Å². The summed E-state index contributed by atoms with van der Waals surface area (Å²) in [5.74, 6) is -1.18. The maximum Gasteiger partial charge on any atom is 0.323 e. The summed E-state index contributed by atoms with van der Waals surface area (Å²) in [6.45, 7) is 1.95. The lowest BCUT2D eigenvalue weighted by atomic mass is 9.93. The SMILES string of the molecule is CCN(CC(=O)O)C(=O)c1cccn1C1CCC1. The second kappa shape index (κ2) is 5.25. The molecule has 1 saturated carbocycles. The molecule has 0 atom stereocenters. The van der Waals surface area contributed by atoms with E-state index in [4.69, 9.17) is 5.11 Å². The summed E-state index contributed by atoms with van der Waals surface area (Å²) < 4.78 is 1.98. The zero-order chi connectivity index (χ0) is 13.1. The van der Waals surface area contributed by atoms with Crippen molar-refractivity contribution in [1.29, 1.82) is 0 Å². The van der Waals surface area contributed by atoms with Crippen molar-refractivity contribution in [3.05, 3.63) is 24.0 Å². The van der Waals surface area contributed by atoms with E-state index in [-0.39, 0.29) is 12.5 Å². The van der Waals surface area contributed by atoms with Gasteiger partial charge in [0.05, 0.1) is 0 Å². The summed E-state index contributed by atoms with van der Waals surface area (Å²) in [4.78, 5) is 24.4. The molecule has 5 heteroatoms. The Bertz CT molecular complexity index is 449. The molecule has 0 aromatic carbocycles. The topological polar surface area (TPSA) is 62.5 Å². The highest BCUT2D eigenvalue weighted by Crippen LogP contribution is 2.32. The number of aliphatic carboxylic acids is 1. The van der Waals surface area contributed by atoms with Crippen LogP contribution < -0.4 is 0 Å². The molecule has 1 aliphatic rings. The van der Waals surface area contributed by atoms with Crippen molar-refractivity contribution in [2.24, 2.45) is 0 Å². The summed E-state index contributed by atoms with van der Waals surface area (Å²) >= 11 is 0. The van der Waals surface area contributed by atoms with Crippen molar-refractivity contribution in [3.8, 4) is 0 Å². The number of hydrogen-bond donors (Lipinski definition) is 1. The van der Waals surface area contributed by atoms with Crippen molar-refractivity contribution in [1.82, 2.24) is 9.47 Å². The first-order valence-corrected chi connectivity index (χ1v) is 6.31. The van der Waals surface area contributed by atoms with E-state index in [0.717, 1.165) is 12.8 Å². The van der Waals surface area contributed by atoms with Gasteiger partial charge in [-0.05, 0) is 38.3 Å². The number of carbonyl (C=O) groups is 2. The fraction of sp³-hybridized carbons (Fsp3) is 0.538. The van der Waals surface area contributed by atoms with Gasteiger partial charge in [-0.3, -0.25) is 9.59 Å². The minimum absolute atomic E-state index is 0.197. The molecule has 5 nitrogen and oxygen atoms in total. The third-order valence-corrected chi connectivity index (χ3v) is 3.46. The highest BCUT2D eigenvalue weighted by atomic mass is 16.4. The summed E-state index contributed by atoms with van der Waals surface area (Å²) in [5.41, 5.74) is 0.600. The van der Waals surface area contributed by atoms with Crippen LogP contribution in [-0.2, 0) is 4.79 Å². The number of carbonyl (C=O) groups excluding carboxylic acids is 1. The summed E-state index contributed by atoms with van der Waals surface area (Å²) in [7, 11) is 0. The Morgan fingerprint density at radius 1 is 1.50 bits per heavy atom. The number of carboxylic acids is 1. The van der Waals surface area contributed by atoms with Gasteiger partial charge < -0.3 is 14.6 Å². The molecule has 1 heterocycles. The molecule has 0 bridgehead atoms. The number of hydrogen-bond acceptors (Lipinski definition) is 2. The Balaban J connectivity index is 2.16. The van der Waals surface area contributed by atoms with E-state index in [1.807, 2.05) is 16.8 Å². The van der Waals surface area contributed by atoms with Crippen molar-refractivity contribution in [2.45, 2.75) is 32.2 Å².